The van der Waals surface area contributed by atoms with E-state index in [9.17, 15) is 4.79 Å². The summed E-state index contributed by atoms with van der Waals surface area (Å²) in [7, 11) is 0. The van der Waals surface area contributed by atoms with Gasteiger partial charge in [-0.25, -0.2) is 9.78 Å². The highest BCUT2D eigenvalue weighted by molar-refractivity contribution is 9.10. The molecule has 0 radical (unpaired) electrons. The van der Waals surface area contributed by atoms with Gasteiger partial charge in [0.1, 0.15) is 5.69 Å². The molecule has 7 heteroatoms. The summed E-state index contributed by atoms with van der Waals surface area (Å²) in [6.45, 7) is 0. The fourth-order valence-electron chi connectivity index (χ4n) is 0.915. The molecule has 0 spiro atoms. The average Bonchev–Trinajstić information content (AvgIpc) is 2.68. The number of pyridine rings is 1. The van der Waals surface area contributed by atoms with Crippen molar-refractivity contribution in [1.82, 2.24) is 15.2 Å². The van der Waals surface area contributed by atoms with E-state index in [1.165, 1.54) is 0 Å². The average molecular weight is 270 g/mol. The highest BCUT2D eigenvalue weighted by Crippen LogP contribution is 2.17. The van der Waals surface area contributed by atoms with Gasteiger partial charge in [0.15, 0.2) is 0 Å². The van der Waals surface area contributed by atoms with Gasteiger partial charge in [-0.1, -0.05) is 0 Å². The molecule has 1 N–H and O–H groups in total. The third kappa shape index (κ3) is 2.01. The predicted molar refractivity (Wildman–Crippen MR) is 52.2 cm³/mol. The van der Waals surface area contributed by atoms with Crippen LogP contribution < -0.4 is 0 Å². The molecule has 76 valence electrons. The van der Waals surface area contributed by atoms with Crippen molar-refractivity contribution in [3.05, 3.63) is 28.7 Å². The van der Waals surface area contributed by atoms with Crippen molar-refractivity contribution in [2.75, 3.05) is 0 Å². The summed E-state index contributed by atoms with van der Waals surface area (Å²) in [5, 5.41) is 15.5. The molecule has 0 bridgehead atoms. The Morgan fingerprint density at radius 1 is 1.40 bits per heavy atom. The molecule has 2 aromatic rings. The largest absolute Gasteiger partial charge is 0.474 e. The predicted octanol–water partition coefficient (Wildman–Crippen LogP) is 1.59. The number of hydrogen-bond donors (Lipinski definition) is 1. The topological polar surface area (TPSA) is 89.1 Å². The second-order valence-electron chi connectivity index (χ2n) is 2.58. The number of halogens is 1. The molecular formula is C8H4BrN3O3. The minimum Gasteiger partial charge on any atom is -0.474 e. The van der Waals surface area contributed by atoms with Crippen LogP contribution in [0.5, 0.6) is 0 Å². The number of rotatable bonds is 2. The lowest BCUT2D eigenvalue weighted by molar-refractivity contribution is 0.0654. The number of hydrogen-bond acceptors (Lipinski definition) is 5. The van der Waals surface area contributed by atoms with Gasteiger partial charge >= 0.3 is 11.9 Å². The van der Waals surface area contributed by atoms with Crippen LogP contribution in [0.4, 0.5) is 0 Å². The molecule has 2 rings (SSSR count). The van der Waals surface area contributed by atoms with Crippen molar-refractivity contribution in [2.45, 2.75) is 0 Å². The molecule has 0 atom stereocenters. The lowest BCUT2D eigenvalue weighted by atomic mass is 10.3. The maximum Gasteiger partial charge on any atom is 0.393 e. The van der Waals surface area contributed by atoms with E-state index >= 15 is 0 Å². The summed E-state index contributed by atoms with van der Waals surface area (Å²) in [6.07, 6.45) is 1.56. The first kappa shape index (κ1) is 9.78. The molecule has 0 aliphatic rings. The van der Waals surface area contributed by atoms with E-state index < -0.39 is 11.9 Å². The Morgan fingerprint density at radius 3 is 2.73 bits per heavy atom. The van der Waals surface area contributed by atoms with Gasteiger partial charge in [0.05, 0.1) is 0 Å². The van der Waals surface area contributed by atoms with Crippen LogP contribution in [-0.2, 0) is 0 Å². The summed E-state index contributed by atoms with van der Waals surface area (Å²) >= 11 is 3.22. The van der Waals surface area contributed by atoms with Crippen LogP contribution in [0.2, 0.25) is 0 Å². The van der Waals surface area contributed by atoms with Crippen molar-refractivity contribution in [1.29, 1.82) is 0 Å². The van der Waals surface area contributed by atoms with Gasteiger partial charge in [-0.15, -0.1) is 10.2 Å². The molecule has 15 heavy (non-hydrogen) atoms. The van der Waals surface area contributed by atoms with Gasteiger partial charge in [0.25, 0.3) is 5.89 Å². The van der Waals surface area contributed by atoms with E-state index in [2.05, 4.69) is 31.1 Å². The third-order valence-corrected chi connectivity index (χ3v) is 2.02. The zero-order valence-corrected chi connectivity index (χ0v) is 8.80. The van der Waals surface area contributed by atoms with Gasteiger partial charge in [-0.2, -0.15) is 0 Å². The Kier molecular flexibility index (Phi) is 2.46. The fourth-order valence-corrected chi connectivity index (χ4v) is 1.15. The van der Waals surface area contributed by atoms with Crippen LogP contribution in [0.1, 0.15) is 10.7 Å². The molecule has 0 aromatic carbocycles. The molecule has 0 aliphatic carbocycles. The Balaban J connectivity index is 2.37. The second kappa shape index (κ2) is 3.77. The Labute approximate surface area is 92.1 Å². The zero-order chi connectivity index (χ0) is 10.8. The lowest BCUT2D eigenvalue weighted by Crippen LogP contribution is -1.95. The van der Waals surface area contributed by atoms with E-state index in [0.717, 1.165) is 4.47 Å². The first-order valence-electron chi connectivity index (χ1n) is 3.85. The summed E-state index contributed by atoms with van der Waals surface area (Å²) in [4.78, 5) is 14.5. The van der Waals surface area contributed by atoms with Gasteiger partial charge < -0.3 is 9.52 Å². The van der Waals surface area contributed by atoms with Crippen molar-refractivity contribution in [2.24, 2.45) is 0 Å². The van der Waals surface area contributed by atoms with Crippen LogP contribution in [0.3, 0.4) is 0 Å². The standard InChI is InChI=1S/C8H4BrN3O3/c9-4-1-2-5(10-3-4)6-11-12-7(15-6)8(13)14/h1-3H,(H,13,14). The number of aromatic carboxylic acids is 1. The molecular weight excluding hydrogens is 266 g/mol. The van der Waals surface area contributed by atoms with E-state index in [-0.39, 0.29) is 5.89 Å². The van der Waals surface area contributed by atoms with Gasteiger partial charge in [0, 0.05) is 10.7 Å². The van der Waals surface area contributed by atoms with E-state index in [4.69, 9.17) is 9.52 Å². The molecule has 0 fully saturated rings. The molecule has 0 saturated heterocycles. The second-order valence-corrected chi connectivity index (χ2v) is 3.49. The first-order chi connectivity index (χ1) is 7.16. The number of nitrogens with zero attached hydrogens (tertiary/aromatic N) is 3. The molecule has 0 saturated carbocycles. The molecule has 0 amide bonds. The van der Waals surface area contributed by atoms with E-state index in [0.29, 0.717) is 5.69 Å². The Hall–Kier alpha value is -1.76. The summed E-state index contributed by atoms with van der Waals surface area (Å²) in [5.41, 5.74) is 0.429. The molecule has 2 aromatic heterocycles. The van der Waals surface area contributed by atoms with Crippen molar-refractivity contribution >= 4 is 21.9 Å². The highest BCUT2D eigenvalue weighted by Gasteiger charge is 2.14. The summed E-state index contributed by atoms with van der Waals surface area (Å²) < 4.78 is 5.68. The van der Waals surface area contributed by atoms with Crippen molar-refractivity contribution < 1.29 is 14.3 Å². The minimum absolute atomic E-state index is 0.0832. The monoisotopic (exact) mass is 269 g/mol. The number of carboxylic acids is 1. The van der Waals surface area contributed by atoms with Crippen LogP contribution in [0.15, 0.2) is 27.2 Å². The minimum atomic E-state index is -1.26. The third-order valence-electron chi connectivity index (χ3n) is 1.55. The maximum atomic E-state index is 10.5. The smallest absolute Gasteiger partial charge is 0.393 e. The first-order valence-corrected chi connectivity index (χ1v) is 4.65. The van der Waals surface area contributed by atoms with Crippen LogP contribution in [0, 0.1) is 0 Å². The van der Waals surface area contributed by atoms with E-state index in [1.54, 1.807) is 18.3 Å². The SMILES string of the molecule is O=C(O)c1nnc(-c2ccc(Br)cn2)o1. The number of carboxylic acid groups (broad SMARTS) is 1. The van der Waals surface area contributed by atoms with Crippen LogP contribution in [-0.4, -0.2) is 26.3 Å². The van der Waals surface area contributed by atoms with Gasteiger partial charge in [-0.3, -0.25) is 0 Å². The maximum absolute atomic E-state index is 10.5. The van der Waals surface area contributed by atoms with Gasteiger partial charge in [-0.05, 0) is 28.1 Å². The van der Waals surface area contributed by atoms with Crippen LogP contribution >= 0.6 is 15.9 Å². The zero-order valence-electron chi connectivity index (χ0n) is 7.22. The summed E-state index contributed by atoms with van der Waals surface area (Å²) in [6, 6.07) is 3.39. The van der Waals surface area contributed by atoms with Gasteiger partial charge in [0.2, 0.25) is 0 Å². The molecule has 2 heterocycles. The molecule has 0 unspecified atom stereocenters. The normalized spacial score (nSPS) is 10.2. The highest BCUT2D eigenvalue weighted by atomic mass is 79.9. The Bertz CT molecular complexity index is 494. The number of aromatic nitrogens is 3. The fraction of sp³-hybridized carbons (Fsp3) is 0. The quantitative estimate of drug-likeness (QED) is 0.891. The Morgan fingerprint density at radius 2 is 2.20 bits per heavy atom. The van der Waals surface area contributed by atoms with Crippen molar-refractivity contribution in [3.8, 4) is 11.6 Å². The van der Waals surface area contributed by atoms with Crippen LogP contribution in [0.25, 0.3) is 11.6 Å². The van der Waals surface area contributed by atoms with Crippen molar-refractivity contribution in [3.63, 3.8) is 0 Å². The lowest BCUT2D eigenvalue weighted by Gasteiger charge is -1.92. The van der Waals surface area contributed by atoms with E-state index in [1.807, 2.05) is 0 Å². The molecule has 0 aliphatic heterocycles. The summed E-state index contributed by atoms with van der Waals surface area (Å²) in [5.74, 6) is -1.62. The molecule has 6 nitrogen and oxygen atoms in total. The number of carbonyl (C=O) groups is 1.